The summed E-state index contributed by atoms with van der Waals surface area (Å²) in [5, 5.41) is 0. The minimum atomic E-state index is -1.55. The second kappa shape index (κ2) is 13.1. The first-order valence-corrected chi connectivity index (χ1v) is 13.8. The Morgan fingerprint density at radius 1 is 0.789 bits per heavy atom. The largest absolute Gasteiger partial charge is 0.466 e. The molecular formula is C32H42O6. The van der Waals surface area contributed by atoms with Crippen LogP contribution in [-0.2, 0) is 39.4 Å². The van der Waals surface area contributed by atoms with Crippen molar-refractivity contribution in [1.29, 1.82) is 0 Å². The Morgan fingerprint density at radius 3 is 1.79 bits per heavy atom. The number of esters is 3. The van der Waals surface area contributed by atoms with Gasteiger partial charge in [0.2, 0.25) is 0 Å². The van der Waals surface area contributed by atoms with Crippen molar-refractivity contribution in [2.75, 3.05) is 13.2 Å². The SMILES string of the molecule is CCOC(=O)CC(CC(=O)OCC)(C(=O)O[C@@H]1C[C@H](C)CC[C@H]1C(C)(C)c1ccccc1)c1ccccc1. The minimum Gasteiger partial charge on any atom is -0.466 e. The number of benzene rings is 2. The van der Waals surface area contributed by atoms with E-state index in [0.717, 1.165) is 19.3 Å². The molecule has 0 aromatic heterocycles. The Morgan fingerprint density at radius 2 is 1.29 bits per heavy atom. The van der Waals surface area contributed by atoms with Gasteiger partial charge >= 0.3 is 17.9 Å². The predicted octanol–water partition coefficient (Wildman–Crippen LogP) is 6.16. The van der Waals surface area contributed by atoms with Gasteiger partial charge in [-0.15, -0.1) is 0 Å². The fourth-order valence-corrected chi connectivity index (χ4v) is 5.82. The molecule has 2 aromatic rings. The van der Waals surface area contributed by atoms with Crippen LogP contribution < -0.4 is 0 Å². The molecule has 0 N–H and O–H groups in total. The molecule has 1 fully saturated rings. The maximum atomic E-state index is 14.3. The Balaban J connectivity index is 2.03. The van der Waals surface area contributed by atoms with E-state index in [2.05, 4.69) is 32.9 Å². The molecule has 0 aliphatic heterocycles. The number of carbonyl (C=O) groups is 3. The highest BCUT2D eigenvalue weighted by Crippen LogP contribution is 2.45. The molecule has 0 amide bonds. The van der Waals surface area contributed by atoms with Crippen LogP contribution in [0.2, 0.25) is 0 Å². The normalized spacial score (nSPS) is 19.9. The fraction of sp³-hybridized carbons (Fsp3) is 0.531. The Bertz CT molecular complexity index is 1040. The van der Waals surface area contributed by atoms with Crippen LogP contribution in [0.1, 0.15) is 77.8 Å². The molecule has 0 bridgehead atoms. The zero-order valence-corrected chi connectivity index (χ0v) is 23.4. The molecule has 0 radical (unpaired) electrons. The average Bonchev–Trinajstić information content (AvgIpc) is 2.89. The highest BCUT2D eigenvalue weighted by molar-refractivity contribution is 5.93. The topological polar surface area (TPSA) is 78.9 Å². The van der Waals surface area contributed by atoms with Gasteiger partial charge in [-0.05, 0) is 49.1 Å². The van der Waals surface area contributed by atoms with Crippen LogP contribution in [0.5, 0.6) is 0 Å². The van der Waals surface area contributed by atoms with Gasteiger partial charge in [0.1, 0.15) is 11.5 Å². The highest BCUT2D eigenvalue weighted by Gasteiger charge is 2.50. The van der Waals surface area contributed by atoms with Crippen LogP contribution in [0.25, 0.3) is 0 Å². The molecule has 206 valence electrons. The van der Waals surface area contributed by atoms with E-state index in [0.29, 0.717) is 11.5 Å². The molecule has 1 aliphatic carbocycles. The third-order valence-electron chi connectivity index (χ3n) is 7.98. The van der Waals surface area contributed by atoms with E-state index in [9.17, 15) is 14.4 Å². The van der Waals surface area contributed by atoms with E-state index in [1.54, 1.807) is 38.1 Å². The standard InChI is InChI=1S/C32H42O6/c1-6-36-28(33)21-32(22-29(34)37-7-2,25-16-12-9-13-17-25)30(35)38-27-20-23(3)18-19-26(27)31(4,5)24-14-10-8-11-15-24/h8-17,23,26-27H,6-7,18-22H2,1-5H3/t23-,26-,27-/m1/s1. The van der Waals surface area contributed by atoms with Crippen LogP contribution in [0.4, 0.5) is 0 Å². The molecule has 6 heteroatoms. The lowest BCUT2D eigenvalue weighted by atomic mass is 9.64. The quantitative estimate of drug-likeness (QED) is 0.260. The summed E-state index contributed by atoms with van der Waals surface area (Å²) >= 11 is 0. The third kappa shape index (κ3) is 6.83. The van der Waals surface area contributed by atoms with Crippen molar-refractivity contribution in [1.82, 2.24) is 0 Å². The van der Waals surface area contributed by atoms with E-state index in [1.165, 1.54) is 5.56 Å². The highest BCUT2D eigenvalue weighted by atomic mass is 16.6. The van der Waals surface area contributed by atoms with Crippen molar-refractivity contribution in [3.05, 3.63) is 71.8 Å². The predicted molar refractivity (Wildman–Crippen MR) is 146 cm³/mol. The van der Waals surface area contributed by atoms with Gasteiger partial charge in [-0.25, -0.2) is 0 Å². The van der Waals surface area contributed by atoms with Crippen molar-refractivity contribution in [2.45, 2.75) is 83.7 Å². The summed E-state index contributed by atoms with van der Waals surface area (Å²) in [5.74, 6) is -1.25. The molecule has 38 heavy (non-hydrogen) atoms. The van der Waals surface area contributed by atoms with Crippen molar-refractivity contribution < 1.29 is 28.6 Å². The summed E-state index contributed by atoms with van der Waals surface area (Å²) in [6, 6.07) is 19.2. The van der Waals surface area contributed by atoms with Gasteiger partial charge in [0, 0.05) is 5.92 Å². The molecule has 0 saturated heterocycles. The van der Waals surface area contributed by atoms with Crippen LogP contribution in [0, 0.1) is 11.8 Å². The van der Waals surface area contributed by atoms with Crippen molar-refractivity contribution in [2.24, 2.45) is 11.8 Å². The minimum absolute atomic E-state index is 0.0729. The van der Waals surface area contributed by atoms with Crippen LogP contribution in [0.15, 0.2) is 60.7 Å². The van der Waals surface area contributed by atoms with Crippen molar-refractivity contribution in [3.8, 4) is 0 Å². The second-order valence-corrected chi connectivity index (χ2v) is 11.0. The summed E-state index contributed by atoms with van der Waals surface area (Å²) in [4.78, 5) is 40.0. The summed E-state index contributed by atoms with van der Waals surface area (Å²) in [5.41, 5.74) is -0.0758. The lowest BCUT2D eigenvalue weighted by Gasteiger charge is -2.45. The van der Waals surface area contributed by atoms with Gasteiger partial charge in [-0.1, -0.05) is 87.9 Å². The molecule has 3 atom stereocenters. The Hall–Kier alpha value is -3.15. The summed E-state index contributed by atoms with van der Waals surface area (Å²) in [6.45, 7) is 10.3. The van der Waals surface area contributed by atoms with Gasteiger partial charge in [0.05, 0.1) is 26.1 Å². The Labute approximate surface area is 227 Å². The van der Waals surface area contributed by atoms with E-state index < -0.39 is 23.3 Å². The molecule has 0 unspecified atom stereocenters. The van der Waals surface area contributed by atoms with Crippen molar-refractivity contribution in [3.63, 3.8) is 0 Å². The molecule has 2 aromatic carbocycles. The lowest BCUT2D eigenvalue weighted by Crippen LogP contribution is -2.48. The van der Waals surface area contributed by atoms with Crippen LogP contribution in [-0.4, -0.2) is 37.2 Å². The van der Waals surface area contributed by atoms with Crippen molar-refractivity contribution >= 4 is 17.9 Å². The molecular weight excluding hydrogens is 480 g/mol. The first kappa shape index (κ1) is 29.4. The van der Waals surface area contributed by atoms with Crippen LogP contribution >= 0.6 is 0 Å². The van der Waals surface area contributed by atoms with E-state index in [1.807, 2.05) is 24.3 Å². The van der Waals surface area contributed by atoms with Gasteiger partial charge < -0.3 is 14.2 Å². The Kier molecular flexibility index (Phi) is 10.1. The zero-order chi connectivity index (χ0) is 27.8. The summed E-state index contributed by atoms with van der Waals surface area (Å²) in [7, 11) is 0. The fourth-order valence-electron chi connectivity index (χ4n) is 5.82. The number of rotatable bonds is 11. The smallest absolute Gasteiger partial charge is 0.318 e. The first-order chi connectivity index (χ1) is 18.1. The van der Waals surface area contributed by atoms with E-state index >= 15 is 0 Å². The number of ether oxygens (including phenoxy) is 3. The molecule has 6 nitrogen and oxygen atoms in total. The van der Waals surface area contributed by atoms with Gasteiger partial charge in [-0.2, -0.15) is 0 Å². The molecule has 0 spiro atoms. The molecule has 1 saturated carbocycles. The molecule has 1 aliphatic rings. The number of carbonyl (C=O) groups excluding carboxylic acids is 3. The van der Waals surface area contributed by atoms with Gasteiger partial charge in [-0.3, -0.25) is 14.4 Å². The van der Waals surface area contributed by atoms with E-state index in [4.69, 9.17) is 14.2 Å². The van der Waals surface area contributed by atoms with E-state index in [-0.39, 0.29) is 43.5 Å². The third-order valence-corrected chi connectivity index (χ3v) is 7.98. The number of hydrogen-bond acceptors (Lipinski definition) is 6. The summed E-state index contributed by atoms with van der Waals surface area (Å²) < 4.78 is 16.9. The molecule has 3 rings (SSSR count). The monoisotopic (exact) mass is 522 g/mol. The van der Waals surface area contributed by atoms with Gasteiger partial charge in [0.15, 0.2) is 0 Å². The maximum Gasteiger partial charge on any atom is 0.318 e. The van der Waals surface area contributed by atoms with Gasteiger partial charge in [0.25, 0.3) is 0 Å². The molecule has 0 heterocycles. The summed E-state index contributed by atoms with van der Waals surface area (Å²) in [6.07, 6.45) is 1.69. The number of hydrogen-bond donors (Lipinski definition) is 0. The van der Waals surface area contributed by atoms with Crippen LogP contribution in [0.3, 0.4) is 0 Å². The maximum absolute atomic E-state index is 14.3. The lowest BCUT2D eigenvalue weighted by molar-refractivity contribution is -0.171. The zero-order valence-electron chi connectivity index (χ0n) is 23.4. The first-order valence-electron chi connectivity index (χ1n) is 13.8. The average molecular weight is 523 g/mol. The second-order valence-electron chi connectivity index (χ2n) is 11.0.